The summed E-state index contributed by atoms with van der Waals surface area (Å²) in [5.41, 5.74) is 6.62. The number of rotatable bonds is 9. The average Bonchev–Trinajstić information content (AvgIpc) is 3.46. The summed E-state index contributed by atoms with van der Waals surface area (Å²) in [4.78, 5) is 44.4. The van der Waals surface area contributed by atoms with Gasteiger partial charge in [-0.3, -0.25) is 9.36 Å². The molecule has 0 spiro atoms. The largest absolute Gasteiger partial charge is 0.478 e. The molecule has 0 radical (unpaired) electrons. The van der Waals surface area contributed by atoms with Gasteiger partial charge in [0.05, 0.1) is 34.0 Å². The lowest BCUT2D eigenvalue weighted by Crippen LogP contribution is -2.40. The van der Waals surface area contributed by atoms with Gasteiger partial charge in [0.15, 0.2) is 4.80 Å². The molecular weight excluding hydrogens is 574 g/mol. The molecule has 4 aromatic rings. The van der Waals surface area contributed by atoms with E-state index in [0.29, 0.717) is 32.9 Å². The number of aromatic nitrogens is 2. The molecule has 2 aromatic heterocycles. The van der Waals surface area contributed by atoms with E-state index in [2.05, 4.69) is 26.0 Å². The third-order valence-electron chi connectivity index (χ3n) is 7.94. The van der Waals surface area contributed by atoms with Crippen molar-refractivity contribution in [3.05, 3.63) is 119 Å². The molecule has 1 aliphatic heterocycles. The summed E-state index contributed by atoms with van der Waals surface area (Å²) in [5.74, 6) is -1.09. The summed E-state index contributed by atoms with van der Waals surface area (Å²) in [6.07, 6.45) is 3.25. The lowest BCUT2D eigenvalue weighted by molar-refractivity contribution is -0.139. The number of allylic oxidation sites excluding steroid dienone is 1. The monoisotopic (exact) mass is 611 g/mol. The van der Waals surface area contributed by atoms with E-state index in [1.54, 1.807) is 35.8 Å². The summed E-state index contributed by atoms with van der Waals surface area (Å²) in [6, 6.07) is 16.2. The van der Waals surface area contributed by atoms with Crippen LogP contribution in [0.5, 0.6) is 0 Å². The molecule has 0 amide bonds. The minimum Gasteiger partial charge on any atom is -0.478 e. The average molecular weight is 612 g/mol. The lowest BCUT2D eigenvalue weighted by Gasteiger charge is -2.26. The van der Waals surface area contributed by atoms with Gasteiger partial charge in [-0.05, 0) is 86.2 Å². The van der Waals surface area contributed by atoms with Gasteiger partial charge >= 0.3 is 11.9 Å². The van der Waals surface area contributed by atoms with Crippen molar-refractivity contribution in [1.29, 1.82) is 0 Å². The first-order valence-electron chi connectivity index (χ1n) is 14.9. The van der Waals surface area contributed by atoms with Crippen molar-refractivity contribution in [1.82, 2.24) is 9.13 Å². The molecule has 1 atom stereocenters. The first-order chi connectivity index (χ1) is 21.0. The standard InChI is InChI=1S/C35H37N3O5S/c1-7-9-28-30(34(42)43-8-2)31(24-12-10-23(11-13-24)20(3)4)38-32(39)29(44-35(38)36-28)19-26-18-21(5)37(22(26)6)27-16-14-25(15-17-27)33(40)41/h10-20,31H,7-9H2,1-6H3,(H,40,41)/b29-19-/t31-/m0/s1. The van der Waals surface area contributed by atoms with Crippen molar-refractivity contribution in [2.45, 2.75) is 66.3 Å². The van der Waals surface area contributed by atoms with Crippen LogP contribution in [0.25, 0.3) is 11.8 Å². The fourth-order valence-electron chi connectivity index (χ4n) is 5.72. The van der Waals surface area contributed by atoms with Crippen LogP contribution in [0.4, 0.5) is 0 Å². The van der Waals surface area contributed by atoms with E-state index in [1.165, 1.54) is 16.9 Å². The Kier molecular flexibility index (Phi) is 8.87. The van der Waals surface area contributed by atoms with Crippen LogP contribution in [0.15, 0.2) is 75.7 Å². The number of fused-ring (bicyclic) bond motifs is 1. The van der Waals surface area contributed by atoms with Gasteiger partial charge in [0, 0.05) is 17.1 Å². The molecule has 5 rings (SSSR count). The maximum atomic E-state index is 14.2. The zero-order valence-electron chi connectivity index (χ0n) is 25.9. The number of aryl methyl sites for hydroxylation is 1. The highest BCUT2D eigenvalue weighted by Gasteiger charge is 2.34. The Bertz CT molecular complexity index is 1940. The molecule has 8 nitrogen and oxygen atoms in total. The van der Waals surface area contributed by atoms with Gasteiger partial charge in [-0.25, -0.2) is 14.6 Å². The molecule has 1 N–H and O–H groups in total. The Morgan fingerprint density at radius 2 is 1.75 bits per heavy atom. The number of hydrogen-bond donors (Lipinski definition) is 1. The van der Waals surface area contributed by atoms with Crippen molar-refractivity contribution < 1.29 is 19.4 Å². The third-order valence-corrected chi connectivity index (χ3v) is 8.92. The number of benzene rings is 2. The molecule has 0 bridgehead atoms. The number of aromatic carboxylic acids is 1. The zero-order valence-corrected chi connectivity index (χ0v) is 26.7. The Morgan fingerprint density at radius 3 is 2.34 bits per heavy atom. The zero-order chi connectivity index (χ0) is 31.7. The fraction of sp³-hybridized carbons (Fsp3) is 0.314. The van der Waals surface area contributed by atoms with E-state index in [0.717, 1.165) is 34.6 Å². The molecule has 3 heterocycles. The quantitative estimate of drug-likeness (QED) is 0.241. The van der Waals surface area contributed by atoms with E-state index in [9.17, 15) is 19.5 Å². The highest BCUT2D eigenvalue weighted by Crippen LogP contribution is 2.33. The van der Waals surface area contributed by atoms with E-state index in [1.807, 2.05) is 49.6 Å². The maximum Gasteiger partial charge on any atom is 0.338 e. The number of nitrogens with zero attached hydrogens (tertiary/aromatic N) is 3. The first-order valence-corrected chi connectivity index (χ1v) is 15.7. The van der Waals surface area contributed by atoms with Crippen LogP contribution >= 0.6 is 11.3 Å². The normalized spacial score (nSPS) is 15.0. The molecule has 0 unspecified atom stereocenters. The second kappa shape index (κ2) is 12.6. The van der Waals surface area contributed by atoms with Gasteiger partial charge < -0.3 is 14.4 Å². The summed E-state index contributed by atoms with van der Waals surface area (Å²) in [7, 11) is 0. The van der Waals surface area contributed by atoms with Gasteiger partial charge in [-0.2, -0.15) is 0 Å². The SMILES string of the molecule is CCCC1=C(C(=O)OCC)[C@H](c2ccc(C(C)C)cc2)n2c(s/c(=C\c3cc(C)n(-c4ccc(C(=O)O)cc4)c3C)c2=O)=N1. The Balaban J connectivity index is 1.68. The molecule has 0 aliphatic carbocycles. The number of carbonyl (C=O) groups excluding carboxylic acids is 1. The maximum absolute atomic E-state index is 14.2. The molecule has 228 valence electrons. The minimum atomic E-state index is -0.976. The lowest BCUT2D eigenvalue weighted by atomic mass is 9.92. The smallest absolute Gasteiger partial charge is 0.338 e. The van der Waals surface area contributed by atoms with Gasteiger partial charge in [-0.15, -0.1) is 0 Å². The van der Waals surface area contributed by atoms with Crippen LogP contribution in [0.3, 0.4) is 0 Å². The van der Waals surface area contributed by atoms with Gasteiger partial charge in [0.1, 0.15) is 0 Å². The molecule has 9 heteroatoms. The van der Waals surface area contributed by atoms with E-state index < -0.39 is 18.0 Å². The van der Waals surface area contributed by atoms with Crippen LogP contribution in [0.2, 0.25) is 0 Å². The number of ether oxygens (including phenoxy) is 1. The van der Waals surface area contributed by atoms with Crippen molar-refractivity contribution in [3.63, 3.8) is 0 Å². The number of esters is 1. The number of carboxylic acid groups (broad SMARTS) is 1. The van der Waals surface area contributed by atoms with Crippen LogP contribution in [0, 0.1) is 13.8 Å². The highest BCUT2D eigenvalue weighted by atomic mass is 32.1. The fourth-order valence-corrected chi connectivity index (χ4v) is 6.74. The predicted molar refractivity (Wildman–Crippen MR) is 172 cm³/mol. The second-order valence-electron chi connectivity index (χ2n) is 11.2. The summed E-state index contributed by atoms with van der Waals surface area (Å²) < 4.78 is 9.69. The molecular formula is C35H37N3O5S. The Morgan fingerprint density at radius 1 is 1.07 bits per heavy atom. The Labute approximate surface area is 260 Å². The predicted octanol–water partition coefficient (Wildman–Crippen LogP) is 5.81. The number of carboxylic acids is 1. The molecule has 0 saturated carbocycles. The summed E-state index contributed by atoms with van der Waals surface area (Å²) in [5, 5.41) is 9.29. The number of thiazole rings is 1. The topological polar surface area (TPSA) is 103 Å². The third kappa shape index (κ3) is 5.71. The van der Waals surface area contributed by atoms with Crippen molar-refractivity contribution in [2.24, 2.45) is 4.99 Å². The summed E-state index contributed by atoms with van der Waals surface area (Å²) >= 11 is 1.31. The van der Waals surface area contributed by atoms with Crippen LogP contribution in [-0.4, -0.2) is 32.8 Å². The van der Waals surface area contributed by atoms with Crippen LogP contribution in [-0.2, 0) is 9.53 Å². The molecule has 0 fully saturated rings. The molecule has 44 heavy (non-hydrogen) atoms. The van der Waals surface area contributed by atoms with Gasteiger partial charge in [0.25, 0.3) is 5.56 Å². The number of carbonyl (C=O) groups is 2. The number of hydrogen-bond acceptors (Lipinski definition) is 6. The van der Waals surface area contributed by atoms with Crippen LogP contribution < -0.4 is 14.9 Å². The van der Waals surface area contributed by atoms with E-state index in [4.69, 9.17) is 9.73 Å². The Hall–Kier alpha value is -4.50. The van der Waals surface area contributed by atoms with Gasteiger partial charge in [-0.1, -0.05) is 62.8 Å². The van der Waals surface area contributed by atoms with Crippen molar-refractivity contribution in [3.8, 4) is 5.69 Å². The molecule has 0 saturated heterocycles. The van der Waals surface area contributed by atoms with Crippen LogP contribution in [0.1, 0.15) is 90.9 Å². The first kappa shape index (κ1) is 30.9. The summed E-state index contributed by atoms with van der Waals surface area (Å²) in [6.45, 7) is 12.2. The minimum absolute atomic E-state index is 0.218. The van der Waals surface area contributed by atoms with E-state index in [-0.39, 0.29) is 17.7 Å². The van der Waals surface area contributed by atoms with Crippen molar-refractivity contribution in [2.75, 3.05) is 6.61 Å². The second-order valence-corrected chi connectivity index (χ2v) is 12.3. The molecule has 1 aliphatic rings. The van der Waals surface area contributed by atoms with E-state index >= 15 is 0 Å². The van der Waals surface area contributed by atoms with Crippen molar-refractivity contribution >= 4 is 29.4 Å². The molecule has 2 aromatic carbocycles. The van der Waals surface area contributed by atoms with Gasteiger partial charge in [0.2, 0.25) is 0 Å². The highest BCUT2D eigenvalue weighted by molar-refractivity contribution is 7.07.